The van der Waals surface area contributed by atoms with Crippen molar-refractivity contribution in [2.45, 2.75) is 26.8 Å². The molecule has 4 aliphatic rings. The van der Waals surface area contributed by atoms with Crippen molar-refractivity contribution in [2.75, 3.05) is 5.32 Å². The maximum atomic E-state index is 13.6. The van der Waals surface area contributed by atoms with Gasteiger partial charge >= 0.3 is 0 Å². The van der Waals surface area contributed by atoms with Crippen LogP contribution in [-0.4, -0.2) is 34.9 Å². The van der Waals surface area contributed by atoms with Gasteiger partial charge in [0.25, 0.3) is 0 Å². The average Bonchev–Trinajstić information content (AvgIpc) is 2.86. The fourth-order valence-electron chi connectivity index (χ4n) is 5.45. The van der Waals surface area contributed by atoms with E-state index in [1.807, 2.05) is 6.92 Å². The standard InChI is InChI=1S/C29H24N2O4/c1-5-9-17-16(8-4)27(33)19-11-13-21-25(23(19)29(17)35)31-20-12-10-18-22(24(20)30-21)28(34)15(7-3)14(6-2)26(18)32/h5-13,16-17,25,31H,4H2,1-3H3/p+1/b9-5-,14-6+,15-7+. The van der Waals surface area contributed by atoms with Crippen LogP contribution in [0.1, 0.15) is 41.5 Å². The maximum absolute atomic E-state index is 13.6. The third kappa shape index (κ3) is 3.06. The lowest BCUT2D eigenvalue weighted by atomic mass is 9.69. The first-order valence-electron chi connectivity index (χ1n) is 11.6. The first kappa shape index (κ1) is 22.6. The van der Waals surface area contributed by atoms with E-state index < -0.39 is 17.9 Å². The molecule has 3 unspecified atom stereocenters. The van der Waals surface area contributed by atoms with Crippen molar-refractivity contribution < 1.29 is 24.2 Å². The molecule has 6 heteroatoms. The lowest BCUT2D eigenvalue weighted by Gasteiger charge is -2.34. The molecule has 0 bridgehead atoms. The highest BCUT2D eigenvalue weighted by Crippen LogP contribution is 2.40. The molecule has 0 amide bonds. The number of hydrogen-bond donors (Lipinski definition) is 2. The molecule has 0 aromatic heterocycles. The summed E-state index contributed by atoms with van der Waals surface area (Å²) in [5.41, 5.74) is 3.92. The Balaban J connectivity index is 1.66. The second-order valence-electron chi connectivity index (χ2n) is 8.83. The molecule has 35 heavy (non-hydrogen) atoms. The zero-order valence-electron chi connectivity index (χ0n) is 19.8. The van der Waals surface area contributed by atoms with E-state index in [9.17, 15) is 19.2 Å². The quantitative estimate of drug-likeness (QED) is 0.517. The van der Waals surface area contributed by atoms with E-state index in [1.54, 1.807) is 62.4 Å². The molecule has 1 heterocycles. The summed E-state index contributed by atoms with van der Waals surface area (Å²) >= 11 is 0. The summed E-state index contributed by atoms with van der Waals surface area (Å²) in [4.78, 5) is 56.6. The predicted molar refractivity (Wildman–Crippen MR) is 134 cm³/mol. The number of rotatable bonds is 2. The Morgan fingerprint density at radius 1 is 0.914 bits per heavy atom. The van der Waals surface area contributed by atoms with E-state index in [-0.39, 0.29) is 23.1 Å². The maximum Gasteiger partial charge on any atom is 0.239 e. The predicted octanol–water partition coefficient (Wildman–Crippen LogP) is 2.92. The summed E-state index contributed by atoms with van der Waals surface area (Å²) in [7, 11) is 0. The van der Waals surface area contributed by atoms with Crippen molar-refractivity contribution in [3.8, 4) is 0 Å². The normalized spacial score (nSPS) is 27.5. The minimum Gasteiger partial charge on any atom is -0.364 e. The van der Waals surface area contributed by atoms with E-state index >= 15 is 0 Å². The Kier molecular flexibility index (Phi) is 5.32. The Morgan fingerprint density at radius 3 is 2.29 bits per heavy atom. The Bertz CT molecular complexity index is 1440. The zero-order valence-corrected chi connectivity index (χ0v) is 19.8. The number of allylic oxidation sites excluding steroid dienone is 9. The smallest absolute Gasteiger partial charge is 0.239 e. The second kappa shape index (κ2) is 8.24. The number of carbonyl (C=O) groups excluding carboxylic acids is 4. The largest absolute Gasteiger partial charge is 0.364 e. The van der Waals surface area contributed by atoms with Gasteiger partial charge in [-0.3, -0.25) is 19.2 Å². The van der Waals surface area contributed by atoms with Crippen molar-refractivity contribution >= 4 is 40.2 Å². The number of anilines is 1. The van der Waals surface area contributed by atoms with E-state index in [0.717, 1.165) is 0 Å². The van der Waals surface area contributed by atoms with E-state index in [4.69, 9.17) is 0 Å². The second-order valence-corrected chi connectivity index (χ2v) is 8.83. The summed E-state index contributed by atoms with van der Waals surface area (Å²) in [6.45, 7) is 9.07. The van der Waals surface area contributed by atoms with Crippen molar-refractivity contribution in [3.05, 3.63) is 94.7 Å². The molecule has 174 valence electrons. The van der Waals surface area contributed by atoms with Crippen LogP contribution in [0.4, 0.5) is 11.4 Å². The molecular weight excluding hydrogens is 440 g/mol. The first-order valence-corrected chi connectivity index (χ1v) is 11.6. The molecule has 6 nitrogen and oxygen atoms in total. The lowest BCUT2D eigenvalue weighted by Crippen LogP contribution is -2.74. The van der Waals surface area contributed by atoms with Crippen molar-refractivity contribution in [1.82, 2.24) is 0 Å². The van der Waals surface area contributed by atoms with Crippen LogP contribution in [-0.2, 0) is 9.59 Å². The van der Waals surface area contributed by atoms with Crippen LogP contribution in [0.5, 0.6) is 0 Å². The molecular formula is C29H25N2O4+. The molecule has 3 aliphatic carbocycles. The van der Waals surface area contributed by atoms with Crippen LogP contribution in [0.25, 0.3) is 0 Å². The van der Waals surface area contributed by atoms with Crippen LogP contribution < -0.4 is 10.3 Å². The number of benzene rings is 1. The van der Waals surface area contributed by atoms with Crippen LogP contribution in [0, 0.1) is 11.8 Å². The van der Waals surface area contributed by atoms with E-state index in [2.05, 4.69) is 16.9 Å². The van der Waals surface area contributed by atoms with Crippen LogP contribution in [0.2, 0.25) is 0 Å². The van der Waals surface area contributed by atoms with Crippen molar-refractivity contribution in [3.63, 3.8) is 0 Å². The number of ketones is 4. The molecule has 1 aromatic rings. The zero-order chi connectivity index (χ0) is 25.0. The monoisotopic (exact) mass is 465 g/mol. The third-order valence-electron chi connectivity index (χ3n) is 7.10. The van der Waals surface area contributed by atoms with Crippen LogP contribution in [0.3, 0.4) is 0 Å². The van der Waals surface area contributed by atoms with Gasteiger partial charge < -0.3 is 5.32 Å². The Labute approximate surface area is 203 Å². The van der Waals surface area contributed by atoms with Gasteiger partial charge in [0.1, 0.15) is 17.3 Å². The molecule has 1 aliphatic heterocycles. The van der Waals surface area contributed by atoms with Gasteiger partial charge in [0.05, 0.1) is 11.8 Å². The minimum absolute atomic E-state index is 0.134. The van der Waals surface area contributed by atoms with Crippen LogP contribution in [0.15, 0.2) is 83.5 Å². The van der Waals surface area contributed by atoms with Gasteiger partial charge in [0.2, 0.25) is 17.2 Å². The molecule has 0 saturated carbocycles. The van der Waals surface area contributed by atoms with Crippen molar-refractivity contribution in [2.24, 2.45) is 11.8 Å². The van der Waals surface area contributed by atoms with Gasteiger partial charge in [-0.1, -0.05) is 30.4 Å². The summed E-state index contributed by atoms with van der Waals surface area (Å²) in [6, 6.07) is 2.81. The highest BCUT2D eigenvalue weighted by Gasteiger charge is 2.48. The summed E-state index contributed by atoms with van der Waals surface area (Å²) in [6.07, 6.45) is 11.8. The molecule has 0 saturated heterocycles. The topological polar surface area (TPSA) is 94.3 Å². The van der Waals surface area contributed by atoms with E-state index in [0.29, 0.717) is 50.5 Å². The molecule has 0 spiro atoms. The SMILES string of the molecule is C=CC1C(=O)C2=C(C(=O)C1/C=C\C)C1Nc3ccc4c(c3[NH+]=C1C=C2)C(=O)C(=C/C)/C(=C\C)C4=O. The number of nitrogens with one attached hydrogen (secondary N) is 2. The van der Waals surface area contributed by atoms with Crippen molar-refractivity contribution in [1.29, 1.82) is 0 Å². The number of hydrogen-bond acceptors (Lipinski definition) is 5. The molecule has 3 atom stereocenters. The number of fused-ring (bicyclic) bond motifs is 5. The molecule has 2 N–H and O–H groups in total. The summed E-state index contributed by atoms with van der Waals surface area (Å²) in [5.74, 6) is -1.92. The highest BCUT2D eigenvalue weighted by atomic mass is 16.1. The Morgan fingerprint density at radius 2 is 1.63 bits per heavy atom. The van der Waals surface area contributed by atoms with E-state index in [1.165, 1.54) is 6.08 Å². The molecule has 0 fully saturated rings. The lowest BCUT2D eigenvalue weighted by molar-refractivity contribution is -0.355. The van der Waals surface area contributed by atoms with Gasteiger partial charge in [-0.25, -0.2) is 4.99 Å². The van der Waals surface area contributed by atoms with Gasteiger partial charge in [-0.15, -0.1) is 6.58 Å². The van der Waals surface area contributed by atoms with Gasteiger partial charge in [0.15, 0.2) is 17.3 Å². The number of Topliss-reactive ketones (excluding diaryl/α,β-unsaturated/α-hetero) is 4. The first-order chi connectivity index (χ1) is 16.9. The summed E-state index contributed by atoms with van der Waals surface area (Å²) < 4.78 is 0. The molecule has 5 rings (SSSR count). The minimum atomic E-state index is -0.612. The summed E-state index contributed by atoms with van der Waals surface area (Å²) in [5, 5.41) is 3.36. The molecule has 0 radical (unpaired) electrons. The Hall–Kier alpha value is -4.19. The van der Waals surface area contributed by atoms with Crippen LogP contribution >= 0.6 is 0 Å². The third-order valence-corrected chi connectivity index (χ3v) is 7.10. The van der Waals surface area contributed by atoms with Gasteiger partial charge in [0, 0.05) is 33.9 Å². The average molecular weight is 466 g/mol. The van der Waals surface area contributed by atoms with Gasteiger partial charge in [-0.05, 0) is 39.0 Å². The fraction of sp³-hybridized carbons (Fsp3) is 0.207. The highest BCUT2D eigenvalue weighted by molar-refractivity contribution is 6.33. The molecule has 1 aromatic carbocycles. The fourth-order valence-corrected chi connectivity index (χ4v) is 5.45. The number of carbonyl (C=O) groups is 4. The van der Waals surface area contributed by atoms with Gasteiger partial charge in [-0.2, -0.15) is 0 Å².